The Bertz CT molecular complexity index is 1820. The minimum Gasteiger partial charge on any atom is -0.496 e. The minimum absolute atomic E-state index is 0.0756. The van der Waals surface area contributed by atoms with Crippen LogP contribution in [0.25, 0.3) is 0 Å². The zero-order valence-electron chi connectivity index (χ0n) is 28.9. The van der Waals surface area contributed by atoms with Crippen molar-refractivity contribution in [3.63, 3.8) is 0 Å². The Labute approximate surface area is 296 Å². The molecule has 0 bridgehead atoms. The SMILES string of the molecule is COc1ccccc1C(C(=O)N1CCC(C(=O)c2ccc(F)cc2)CC1)n1cnc(NC(=O)[C@@H](COCc2ccccc2)NC(=O)C(C)(C)N)c1. The normalized spacial score (nSPS) is 14.7. The van der Waals surface area contributed by atoms with E-state index in [4.69, 9.17) is 15.2 Å². The molecule has 1 aliphatic heterocycles. The number of nitrogens with two attached hydrogens (primary N) is 1. The summed E-state index contributed by atoms with van der Waals surface area (Å²) in [6.07, 6.45) is 3.88. The summed E-state index contributed by atoms with van der Waals surface area (Å²) in [7, 11) is 1.52. The summed E-state index contributed by atoms with van der Waals surface area (Å²) in [5, 5.41) is 5.40. The van der Waals surface area contributed by atoms with Crippen LogP contribution in [0.5, 0.6) is 5.75 Å². The molecule has 0 spiro atoms. The van der Waals surface area contributed by atoms with Crippen LogP contribution < -0.4 is 21.1 Å². The maximum Gasteiger partial charge on any atom is 0.250 e. The third kappa shape index (κ3) is 9.44. The van der Waals surface area contributed by atoms with Gasteiger partial charge in [-0.1, -0.05) is 48.5 Å². The molecule has 1 unspecified atom stereocenters. The number of methoxy groups -OCH3 is 1. The summed E-state index contributed by atoms with van der Waals surface area (Å²) < 4.78 is 26.4. The number of imidazole rings is 1. The summed E-state index contributed by atoms with van der Waals surface area (Å²) in [6.45, 7) is 3.83. The van der Waals surface area contributed by atoms with Crippen LogP contribution >= 0.6 is 0 Å². The smallest absolute Gasteiger partial charge is 0.250 e. The molecule has 3 amide bonds. The third-order valence-electron chi connectivity index (χ3n) is 8.73. The number of nitrogens with zero attached hydrogens (tertiary/aromatic N) is 3. The maximum absolute atomic E-state index is 14.3. The van der Waals surface area contributed by atoms with Crippen LogP contribution in [0.15, 0.2) is 91.4 Å². The van der Waals surface area contributed by atoms with Gasteiger partial charge in [0.1, 0.15) is 23.7 Å². The number of rotatable bonds is 14. The predicted octanol–water partition coefficient (Wildman–Crippen LogP) is 4.12. The Balaban J connectivity index is 1.32. The van der Waals surface area contributed by atoms with Crippen molar-refractivity contribution >= 4 is 29.3 Å². The summed E-state index contributed by atoms with van der Waals surface area (Å²) >= 11 is 0. The Morgan fingerprint density at radius 1 is 0.980 bits per heavy atom. The highest BCUT2D eigenvalue weighted by Crippen LogP contribution is 2.32. The topological polar surface area (TPSA) is 158 Å². The van der Waals surface area contributed by atoms with E-state index < -0.39 is 35.3 Å². The van der Waals surface area contributed by atoms with Crippen molar-refractivity contribution < 1.29 is 33.0 Å². The average Bonchev–Trinajstić information content (AvgIpc) is 3.59. The van der Waals surface area contributed by atoms with Gasteiger partial charge in [-0.3, -0.25) is 19.2 Å². The van der Waals surface area contributed by atoms with E-state index in [1.807, 2.05) is 30.3 Å². The number of carbonyl (C=O) groups excluding carboxylic acids is 4. The molecule has 2 heterocycles. The molecular weight excluding hydrogens is 655 g/mol. The second-order valence-corrected chi connectivity index (χ2v) is 13.1. The fourth-order valence-electron chi connectivity index (χ4n) is 5.85. The first-order chi connectivity index (χ1) is 24.4. The van der Waals surface area contributed by atoms with Gasteiger partial charge in [0.05, 0.1) is 32.2 Å². The summed E-state index contributed by atoms with van der Waals surface area (Å²) in [6, 6.07) is 20.0. The molecule has 1 saturated heterocycles. The van der Waals surface area contributed by atoms with Crippen molar-refractivity contribution in [2.45, 2.75) is 50.9 Å². The molecule has 268 valence electrons. The molecule has 0 radical (unpaired) electrons. The van der Waals surface area contributed by atoms with Gasteiger partial charge in [-0.05, 0) is 62.6 Å². The van der Waals surface area contributed by atoms with Gasteiger partial charge in [-0.25, -0.2) is 9.37 Å². The molecule has 2 atom stereocenters. The van der Waals surface area contributed by atoms with Crippen LogP contribution in [-0.4, -0.2) is 76.3 Å². The number of piperidine rings is 1. The van der Waals surface area contributed by atoms with E-state index in [9.17, 15) is 23.6 Å². The molecule has 1 aromatic heterocycles. The van der Waals surface area contributed by atoms with Crippen molar-refractivity contribution in [3.8, 4) is 5.75 Å². The number of ether oxygens (including phenoxy) is 2. The molecule has 13 heteroatoms. The number of hydrogen-bond donors (Lipinski definition) is 3. The first-order valence-electron chi connectivity index (χ1n) is 16.7. The summed E-state index contributed by atoms with van der Waals surface area (Å²) in [4.78, 5) is 59.7. The lowest BCUT2D eigenvalue weighted by Crippen LogP contribution is -2.56. The van der Waals surface area contributed by atoms with Crippen LogP contribution in [-0.2, 0) is 25.7 Å². The number of halogens is 1. The Hall–Kier alpha value is -5.40. The number of likely N-dealkylation sites (tertiary alicyclic amines) is 1. The first-order valence-corrected chi connectivity index (χ1v) is 16.7. The molecule has 4 aromatic rings. The number of nitrogens with one attached hydrogen (secondary N) is 2. The monoisotopic (exact) mass is 698 g/mol. The third-order valence-corrected chi connectivity index (χ3v) is 8.73. The number of para-hydroxylation sites is 1. The molecular formula is C38H43FN6O6. The van der Waals surface area contributed by atoms with Gasteiger partial charge < -0.3 is 35.3 Å². The largest absolute Gasteiger partial charge is 0.496 e. The summed E-state index contributed by atoms with van der Waals surface area (Å²) in [5.41, 5.74) is 6.66. The van der Waals surface area contributed by atoms with Gasteiger partial charge in [0.25, 0.3) is 5.91 Å². The van der Waals surface area contributed by atoms with Gasteiger partial charge in [-0.2, -0.15) is 0 Å². The van der Waals surface area contributed by atoms with E-state index in [1.54, 1.807) is 33.7 Å². The lowest BCUT2D eigenvalue weighted by molar-refractivity contribution is -0.134. The molecule has 0 saturated carbocycles. The van der Waals surface area contributed by atoms with E-state index in [0.29, 0.717) is 42.8 Å². The fraction of sp³-hybridized carbons (Fsp3) is 0.342. The van der Waals surface area contributed by atoms with E-state index in [-0.39, 0.29) is 36.6 Å². The number of Topliss-reactive ketones (excluding diaryl/α,β-unsaturated/α-hetero) is 1. The molecule has 0 aliphatic carbocycles. The van der Waals surface area contributed by atoms with Crippen LogP contribution in [0.1, 0.15) is 54.2 Å². The maximum atomic E-state index is 14.3. The van der Waals surface area contributed by atoms with Crippen molar-refractivity contribution in [2.24, 2.45) is 11.7 Å². The van der Waals surface area contributed by atoms with Crippen LogP contribution in [0, 0.1) is 11.7 Å². The number of anilines is 1. The van der Waals surface area contributed by atoms with Crippen LogP contribution in [0.2, 0.25) is 0 Å². The Morgan fingerprint density at radius 3 is 2.31 bits per heavy atom. The van der Waals surface area contributed by atoms with Gasteiger partial charge in [-0.15, -0.1) is 0 Å². The highest BCUT2D eigenvalue weighted by atomic mass is 19.1. The first kappa shape index (κ1) is 36.9. The van der Waals surface area contributed by atoms with Crippen LogP contribution in [0.4, 0.5) is 10.2 Å². The Kier molecular flexibility index (Phi) is 12.0. The number of amides is 3. The standard InChI is InChI=1S/C38H43FN6O6/c1-38(2,40)37(49)42-30(23-51-22-25-9-5-4-6-10-25)35(47)43-32-21-45(24-41-32)33(29-11-7-8-12-31(29)50-3)36(48)44-19-17-27(18-20-44)34(46)26-13-15-28(39)16-14-26/h4-16,21,24,27,30,33H,17-20,22-23,40H2,1-3H3,(H,42,49)(H,43,47)/t30-,33?/m1/s1. The average molecular weight is 699 g/mol. The number of ketones is 1. The zero-order chi connectivity index (χ0) is 36.5. The fourth-order valence-corrected chi connectivity index (χ4v) is 5.85. The van der Waals surface area contributed by atoms with Gasteiger partial charge >= 0.3 is 0 Å². The van der Waals surface area contributed by atoms with Crippen molar-refractivity contribution in [2.75, 3.05) is 32.1 Å². The second-order valence-electron chi connectivity index (χ2n) is 13.1. The van der Waals surface area contributed by atoms with Gasteiger partial charge in [0.2, 0.25) is 11.8 Å². The molecule has 4 N–H and O–H groups in total. The van der Waals surface area contributed by atoms with E-state index >= 15 is 0 Å². The molecule has 5 rings (SSSR count). The van der Waals surface area contributed by atoms with E-state index in [2.05, 4.69) is 15.6 Å². The zero-order valence-corrected chi connectivity index (χ0v) is 28.9. The number of aromatic nitrogens is 2. The van der Waals surface area contributed by atoms with Gasteiger partial charge in [0.15, 0.2) is 11.6 Å². The second kappa shape index (κ2) is 16.5. The molecule has 51 heavy (non-hydrogen) atoms. The number of benzene rings is 3. The summed E-state index contributed by atoms with van der Waals surface area (Å²) in [5.74, 6) is -1.52. The number of carbonyl (C=O) groups is 4. The van der Waals surface area contributed by atoms with Crippen LogP contribution in [0.3, 0.4) is 0 Å². The quantitative estimate of drug-likeness (QED) is 0.166. The van der Waals surface area contributed by atoms with Crippen molar-refractivity contribution in [1.82, 2.24) is 19.8 Å². The highest BCUT2D eigenvalue weighted by molar-refractivity contribution is 5.99. The van der Waals surface area contributed by atoms with E-state index in [0.717, 1.165) is 5.56 Å². The molecule has 12 nitrogen and oxygen atoms in total. The predicted molar refractivity (Wildman–Crippen MR) is 188 cm³/mol. The highest BCUT2D eigenvalue weighted by Gasteiger charge is 2.35. The van der Waals surface area contributed by atoms with Crippen molar-refractivity contribution in [1.29, 1.82) is 0 Å². The van der Waals surface area contributed by atoms with Crippen molar-refractivity contribution in [3.05, 3.63) is 114 Å². The minimum atomic E-state index is -1.25. The lowest BCUT2D eigenvalue weighted by atomic mass is 9.88. The van der Waals surface area contributed by atoms with Gasteiger partial charge in [0, 0.05) is 36.3 Å². The lowest BCUT2D eigenvalue weighted by Gasteiger charge is -2.34. The molecule has 1 fully saturated rings. The molecule has 1 aliphatic rings. The number of hydrogen-bond acceptors (Lipinski definition) is 8. The Morgan fingerprint density at radius 2 is 1.65 bits per heavy atom. The molecule has 3 aromatic carbocycles. The van der Waals surface area contributed by atoms with E-state index in [1.165, 1.54) is 57.7 Å².